The van der Waals surface area contributed by atoms with Crippen LogP contribution >= 0.6 is 12.2 Å². The monoisotopic (exact) mass is 394 g/mol. The van der Waals surface area contributed by atoms with Crippen LogP contribution in [0.1, 0.15) is 25.3 Å². The zero-order valence-electron chi connectivity index (χ0n) is 15.6. The Morgan fingerprint density at radius 2 is 2.00 bits per heavy atom. The molecule has 1 aliphatic heterocycles. The maximum absolute atomic E-state index is 11.9. The zero-order chi connectivity index (χ0) is 18.9. The Morgan fingerprint density at radius 3 is 2.58 bits per heavy atom. The van der Waals surface area contributed by atoms with Crippen LogP contribution in [0.2, 0.25) is 0 Å². The predicted octanol–water partition coefficient (Wildman–Crippen LogP) is 2.78. The molecule has 1 aromatic carbocycles. The van der Waals surface area contributed by atoms with Gasteiger partial charge in [-0.25, -0.2) is 13.1 Å². The second-order valence-electron chi connectivity index (χ2n) is 7.04. The van der Waals surface area contributed by atoms with Crippen LogP contribution in [0.4, 0.5) is 0 Å². The van der Waals surface area contributed by atoms with Gasteiger partial charge in [-0.3, -0.25) is 4.90 Å². The standard InChI is InChI=1S/C18H26N4O2S2/c1-4-10-21(16-9-11-26(23,24)12-16)13-22-18(25)20(3)17(19-22)15-7-5-14(2)6-8-15/h5-8,16H,4,9-13H2,1-3H3. The van der Waals surface area contributed by atoms with Crippen LogP contribution in [0.15, 0.2) is 24.3 Å². The summed E-state index contributed by atoms with van der Waals surface area (Å²) in [5.74, 6) is 1.34. The Hall–Kier alpha value is -1.51. The summed E-state index contributed by atoms with van der Waals surface area (Å²) in [7, 11) is -0.992. The summed E-state index contributed by atoms with van der Waals surface area (Å²) in [4.78, 5) is 2.20. The Balaban J connectivity index is 1.87. The fraction of sp³-hybridized carbons (Fsp3) is 0.556. The predicted molar refractivity (Wildman–Crippen MR) is 106 cm³/mol. The molecule has 0 aliphatic carbocycles. The molecule has 0 spiro atoms. The first-order valence-electron chi connectivity index (χ1n) is 8.96. The van der Waals surface area contributed by atoms with Gasteiger partial charge in [0, 0.05) is 18.7 Å². The number of hydrogen-bond acceptors (Lipinski definition) is 5. The van der Waals surface area contributed by atoms with Gasteiger partial charge in [0.15, 0.2) is 20.4 Å². The molecule has 0 bridgehead atoms. The smallest absolute Gasteiger partial charge is 0.199 e. The van der Waals surface area contributed by atoms with Crippen LogP contribution in [-0.4, -0.2) is 51.8 Å². The third-order valence-corrected chi connectivity index (χ3v) is 7.14. The number of sulfone groups is 1. The molecule has 0 saturated carbocycles. The SMILES string of the molecule is CCCN(Cn1nc(-c2ccc(C)cc2)n(C)c1=S)C1CCS(=O)(=O)C1. The quantitative estimate of drug-likeness (QED) is 0.705. The third kappa shape index (κ3) is 4.07. The van der Waals surface area contributed by atoms with Gasteiger partial charge in [0.2, 0.25) is 0 Å². The third-order valence-electron chi connectivity index (χ3n) is 4.90. The summed E-state index contributed by atoms with van der Waals surface area (Å²) in [6.45, 7) is 5.51. The number of rotatable bonds is 6. The molecule has 6 nitrogen and oxygen atoms in total. The molecule has 142 valence electrons. The first-order valence-corrected chi connectivity index (χ1v) is 11.2. The lowest BCUT2D eigenvalue weighted by Gasteiger charge is -2.27. The Labute approximate surface area is 160 Å². The number of nitrogens with zero attached hydrogens (tertiary/aromatic N) is 4. The van der Waals surface area contributed by atoms with E-state index in [4.69, 9.17) is 17.3 Å². The van der Waals surface area contributed by atoms with E-state index in [1.54, 1.807) is 0 Å². The van der Waals surface area contributed by atoms with Crippen molar-refractivity contribution in [3.8, 4) is 11.4 Å². The number of hydrogen-bond donors (Lipinski definition) is 0. The molecule has 1 aliphatic rings. The molecule has 1 fully saturated rings. The van der Waals surface area contributed by atoms with E-state index in [0.717, 1.165) is 24.4 Å². The van der Waals surface area contributed by atoms with Gasteiger partial charge in [-0.1, -0.05) is 36.8 Å². The fourth-order valence-corrected chi connectivity index (χ4v) is 5.37. The highest BCUT2D eigenvalue weighted by Crippen LogP contribution is 2.21. The van der Waals surface area contributed by atoms with Gasteiger partial charge in [-0.05, 0) is 38.5 Å². The summed E-state index contributed by atoms with van der Waals surface area (Å²) in [6.07, 6.45) is 1.65. The molecule has 8 heteroatoms. The van der Waals surface area contributed by atoms with Crippen LogP contribution < -0.4 is 0 Å². The molecule has 1 saturated heterocycles. The second kappa shape index (κ2) is 7.62. The molecular weight excluding hydrogens is 368 g/mol. The van der Waals surface area contributed by atoms with E-state index in [2.05, 4.69) is 30.9 Å². The minimum atomic E-state index is -2.91. The lowest BCUT2D eigenvalue weighted by atomic mass is 10.1. The highest BCUT2D eigenvalue weighted by atomic mass is 32.2. The Kier molecular flexibility index (Phi) is 5.64. The first-order chi connectivity index (χ1) is 12.3. The van der Waals surface area contributed by atoms with Crippen molar-refractivity contribution in [2.24, 2.45) is 7.05 Å². The van der Waals surface area contributed by atoms with Crippen molar-refractivity contribution in [3.05, 3.63) is 34.6 Å². The number of aromatic nitrogens is 3. The topological polar surface area (TPSA) is 60.1 Å². The molecule has 26 heavy (non-hydrogen) atoms. The van der Waals surface area contributed by atoms with E-state index in [-0.39, 0.29) is 17.5 Å². The summed E-state index contributed by atoms with van der Waals surface area (Å²) < 4.78 is 28.1. The zero-order valence-corrected chi connectivity index (χ0v) is 17.2. The van der Waals surface area contributed by atoms with Crippen LogP contribution in [-0.2, 0) is 23.6 Å². The van der Waals surface area contributed by atoms with Gasteiger partial charge in [0.1, 0.15) is 0 Å². The average molecular weight is 395 g/mol. The first kappa shape index (κ1) is 19.3. The molecule has 0 radical (unpaired) electrons. The summed E-state index contributed by atoms with van der Waals surface area (Å²) in [5.41, 5.74) is 2.22. The normalized spacial score (nSPS) is 19.3. The van der Waals surface area contributed by atoms with Gasteiger partial charge in [0.05, 0.1) is 18.2 Å². The second-order valence-corrected chi connectivity index (χ2v) is 9.64. The Bertz CT molecular complexity index is 929. The molecule has 3 rings (SSSR count). The van der Waals surface area contributed by atoms with Crippen molar-refractivity contribution in [1.29, 1.82) is 0 Å². The van der Waals surface area contributed by atoms with Gasteiger partial charge in [-0.2, -0.15) is 5.10 Å². The lowest BCUT2D eigenvalue weighted by molar-refractivity contribution is 0.155. The molecular formula is C18H26N4O2S2. The summed E-state index contributed by atoms with van der Waals surface area (Å²) >= 11 is 5.58. The van der Waals surface area contributed by atoms with Gasteiger partial charge >= 0.3 is 0 Å². The highest BCUT2D eigenvalue weighted by Gasteiger charge is 2.32. The molecule has 0 amide bonds. The minimum Gasteiger partial charge on any atom is -0.303 e. The lowest BCUT2D eigenvalue weighted by Crippen LogP contribution is -2.38. The maximum Gasteiger partial charge on any atom is 0.199 e. The molecule has 2 heterocycles. The summed E-state index contributed by atoms with van der Waals surface area (Å²) in [5, 5.41) is 4.72. The van der Waals surface area contributed by atoms with Crippen molar-refractivity contribution >= 4 is 22.1 Å². The van der Waals surface area contributed by atoms with Gasteiger partial charge in [0.25, 0.3) is 0 Å². The van der Waals surface area contributed by atoms with E-state index >= 15 is 0 Å². The molecule has 1 atom stereocenters. The largest absolute Gasteiger partial charge is 0.303 e. The molecule has 0 N–H and O–H groups in total. The van der Waals surface area contributed by atoms with E-state index in [9.17, 15) is 8.42 Å². The number of benzene rings is 1. The van der Waals surface area contributed by atoms with Crippen LogP contribution in [0, 0.1) is 11.7 Å². The van der Waals surface area contributed by atoms with Gasteiger partial charge in [-0.15, -0.1) is 0 Å². The van der Waals surface area contributed by atoms with Crippen LogP contribution in [0.3, 0.4) is 0 Å². The van der Waals surface area contributed by atoms with Crippen molar-refractivity contribution in [1.82, 2.24) is 19.2 Å². The highest BCUT2D eigenvalue weighted by molar-refractivity contribution is 7.91. The van der Waals surface area contributed by atoms with E-state index in [1.165, 1.54) is 5.56 Å². The van der Waals surface area contributed by atoms with Crippen molar-refractivity contribution in [2.75, 3.05) is 18.1 Å². The van der Waals surface area contributed by atoms with E-state index in [0.29, 0.717) is 17.9 Å². The van der Waals surface area contributed by atoms with Crippen molar-refractivity contribution < 1.29 is 8.42 Å². The van der Waals surface area contributed by atoms with Gasteiger partial charge < -0.3 is 4.57 Å². The molecule has 2 aromatic rings. The van der Waals surface area contributed by atoms with E-state index < -0.39 is 9.84 Å². The maximum atomic E-state index is 11.9. The molecule has 1 aromatic heterocycles. The number of aryl methyl sites for hydroxylation is 1. The van der Waals surface area contributed by atoms with Crippen molar-refractivity contribution in [3.63, 3.8) is 0 Å². The van der Waals surface area contributed by atoms with Crippen LogP contribution in [0.5, 0.6) is 0 Å². The average Bonchev–Trinajstić information content (AvgIpc) is 3.09. The summed E-state index contributed by atoms with van der Waals surface area (Å²) in [6, 6.07) is 8.26. The van der Waals surface area contributed by atoms with E-state index in [1.807, 2.05) is 28.4 Å². The molecule has 1 unspecified atom stereocenters. The van der Waals surface area contributed by atoms with Crippen molar-refractivity contribution in [2.45, 2.75) is 39.4 Å². The Morgan fingerprint density at radius 1 is 1.31 bits per heavy atom. The van der Waals surface area contributed by atoms with Crippen LogP contribution in [0.25, 0.3) is 11.4 Å². The minimum absolute atomic E-state index is 0.0479. The fourth-order valence-electron chi connectivity index (χ4n) is 3.43.